The van der Waals surface area contributed by atoms with E-state index in [1.807, 2.05) is 54.8 Å². The van der Waals surface area contributed by atoms with Crippen molar-refractivity contribution in [2.24, 2.45) is 0 Å². The number of imidazole rings is 1. The van der Waals surface area contributed by atoms with E-state index in [0.717, 1.165) is 21.8 Å². The molecule has 8 heteroatoms. The quantitative estimate of drug-likeness (QED) is 0.482. The number of sulfonamides is 1. The maximum Gasteiger partial charge on any atom is 0.280 e. The fraction of sp³-hybridized carbons (Fsp3) is 0.143. The zero-order chi connectivity index (χ0) is 20.4. The summed E-state index contributed by atoms with van der Waals surface area (Å²) in [5.74, 6) is 0.664. The maximum atomic E-state index is 12.7. The van der Waals surface area contributed by atoms with Crippen LogP contribution in [0.4, 0.5) is 5.69 Å². The van der Waals surface area contributed by atoms with Gasteiger partial charge in [-0.1, -0.05) is 42.5 Å². The lowest BCUT2D eigenvalue weighted by molar-refractivity contribution is 0.598. The van der Waals surface area contributed by atoms with Gasteiger partial charge < -0.3 is 4.57 Å². The van der Waals surface area contributed by atoms with Crippen LogP contribution in [-0.2, 0) is 16.6 Å². The first-order valence-electron chi connectivity index (χ1n) is 9.14. The molecule has 2 aromatic heterocycles. The van der Waals surface area contributed by atoms with Gasteiger partial charge in [-0.15, -0.1) is 11.3 Å². The largest absolute Gasteiger partial charge is 0.334 e. The Bertz CT molecular complexity index is 1240. The normalized spacial score (nSPS) is 11.5. The van der Waals surface area contributed by atoms with Crippen molar-refractivity contribution in [1.29, 1.82) is 0 Å². The van der Waals surface area contributed by atoms with Gasteiger partial charge in [0, 0.05) is 34.9 Å². The van der Waals surface area contributed by atoms with Crippen LogP contribution < -0.4 is 4.72 Å². The molecule has 2 heterocycles. The number of nitrogens with one attached hydrogen (secondary N) is 1. The summed E-state index contributed by atoms with van der Waals surface area (Å²) in [6, 6.07) is 17.2. The molecule has 0 aliphatic heterocycles. The molecule has 0 bridgehead atoms. The highest BCUT2D eigenvalue weighted by Gasteiger charge is 2.19. The topological polar surface area (TPSA) is 76.9 Å². The molecule has 0 saturated carbocycles. The third-order valence-corrected chi connectivity index (χ3v) is 6.65. The second kappa shape index (κ2) is 7.81. The summed E-state index contributed by atoms with van der Waals surface area (Å²) < 4.78 is 29.9. The number of hydrogen-bond donors (Lipinski definition) is 1. The van der Waals surface area contributed by atoms with E-state index < -0.39 is 10.0 Å². The van der Waals surface area contributed by atoms with Crippen LogP contribution in [0.3, 0.4) is 0 Å². The van der Waals surface area contributed by atoms with Crippen molar-refractivity contribution < 1.29 is 8.42 Å². The van der Waals surface area contributed by atoms with Crippen molar-refractivity contribution in [2.75, 3.05) is 4.72 Å². The molecular weight excluding hydrogens is 404 g/mol. The number of anilines is 1. The lowest BCUT2D eigenvalue weighted by Crippen LogP contribution is -2.13. The molecular formula is C21H20N4O2S2. The van der Waals surface area contributed by atoms with E-state index >= 15 is 0 Å². The van der Waals surface area contributed by atoms with Gasteiger partial charge in [0.05, 0.1) is 5.69 Å². The molecule has 29 heavy (non-hydrogen) atoms. The summed E-state index contributed by atoms with van der Waals surface area (Å²) in [5, 5.41) is 2.91. The van der Waals surface area contributed by atoms with Crippen LogP contribution in [0.15, 0.2) is 71.2 Å². The van der Waals surface area contributed by atoms with Gasteiger partial charge in [-0.3, -0.25) is 4.72 Å². The second-order valence-electron chi connectivity index (χ2n) is 6.50. The highest BCUT2D eigenvalue weighted by Crippen LogP contribution is 2.30. The summed E-state index contributed by atoms with van der Waals surface area (Å²) in [4.78, 5) is 8.87. The Labute approximate surface area is 174 Å². The van der Waals surface area contributed by atoms with Gasteiger partial charge in [-0.25, -0.2) is 9.97 Å². The van der Waals surface area contributed by atoms with Crippen molar-refractivity contribution in [1.82, 2.24) is 14.5 Å². The number of aromatic nitrogens is 3. The van der Waals surface area contributed by atoms with Crippen LogP contribution in [0.25, 0.3) is 21.8 Å². The predicted octanol–water partition coefficient (Wildman–Crippen LogP) is 4.80. The molecule has 0 aliphatic rings. The van der Waals surface area contributed by atoms with Gasteiger partial charge in [0.25, 0.3) is 10.0 Å². The Morgan fingerprint density at radius 3 is 2.52 bits per heavy atom. The SMILES string of the molecule is CCn1cc(S(=O)(=O)Nc2cccc(-c3csc(-c4ccccc4)n3)c2)nc1C. The minimum Gasteiger partial charge on any atom is -0.334 e. The lowest BCUT2D eigenvalue weighted by Gasteiger charge is -2.07. The Kier molecular flexibility index (Phi) is 5.21. The maximum absolute atomic E-state index is 12.7. The molecule has 148 valence electrons. The summed E-state index contributed by atoms with van der Waals surface area (Å²) in [7, 11) is -3.76. The summed E-state index contributed by atoms with van der Waals surface area (Å²) >= 11 is 1.56. The van der Waals surface area contributed by atoms with Crippen LogP contribution >= 0.6 is 11.3 Å². The third kappa shape index (κ3) is 4.08. The van der Waals surface area contributed by atoms with E-state index in [2.05, 4.69) is 9.71 Å². The van der Waals surface area contributed by atoms with E-state index in [-0.39, 0.29) is 5.03 Å². The molecule has 0 unspecified atom stereocenters. The molecule has 0 spiro atoms. The number of thiazole rings is 1. The second-order valence-corrected chi connectivity index (χ2v) is 8.99. The van der Waals surface area contributed by atoms with Gasteiger partial charge in [0.2, 0.25) is 0 Å². The minimum atomic E-state index is -3.76. The van der Waals surface area contributed by atoms with Crippen molar-refractivity contribution in [3.63, 3.8) is 0 Å². The first kappa shape index (κ1) is 19.4. The van der Waals surface area contributed by atoms with Gasteiger partial charge in [0.1, 0.15) is 10.8 Å². The van der Waals surface area contributed by atoms with Crippen molar-refractivity contribution >= 4 is 27.0 Å². The molecule has 0 saturated heterocycles. The predicted molar refractivity (Wildman–Crippen MR) is 116 cm³/mol. The Hall–Kier alpha value is -2.97. The Balaban J connectivity index is 1.60. The minimum absolute atomic E-state index is 0.0160. The van der Waals surface area contributed by atoms with E-state index in [1.54, 1.807) is 41.2 Å². The zero-order valence-electron chi connectivity index (χ0n) is 16.0. The molecule has 1 N–H and O–H groups in total. The molecule has 0 amide bonds. The fourth-order valence-corrected chi connectivity index (χ4v) is 4.89. The van der Waals surface area contributed by atoms with Crippen LogP contribution in [0, 0.1) is 6.92 Å². The average Bonchev–Trinajstić information content (AvgIpc) is 3.36. The first-order chi connectivity index (χ1) is 14.0. The van der Waals surface area contributed by atoms with Gasteiger partial charge in [0.15, 0.2) is 5.03 Å². The highest BCUT2D eigenvalue weighted by molar-refractivity contribution is 7.92. The Morgan fingerprint density at radius 1 is 1.03 bits per heavy atom. The first-order valence-corrected chi connectivity index (χ1v) is 11.5. The number of benzene rings is 2. The average molecular weight is 425 g/mol. The monoisotopic (exact) mass is 424 g/mol. The summed E-state index contributed by atoms with van der Waals surface area (Å²) in [5.41, 5.74) is 3.18. The van der Waals surface area contributed by atoms with Gasteiger partial charge in [-0.05, 0) is 26.0 Å². The fourth-order valence-electron chi connectivity index (χ4n) is 3.00. The molecule has 6 nitrogen and oxygen atoms in total. The smallest absolute Gasteiger partial charge is 0.280 e. The van der Waals surface area contributed by atoms with Gasteiger partial charge >= 0.3 is 0 Å². The number of hydrogen-bond acceptors (Lipinski definition) is 5. The van der Waals surface area contributed by atoms with Crippen LogP contribution in [0.5, 0.6) is 0 Å². The van der Waals surface area contributed by atoms with Crippen LogP contribution in [0.2, 0.25) is 0 Å². The third-order valence-electron chi connectivity index (χ3n) is 4.51. The van der Waals surface area contributed by atoms with E-state index in [1.165, 1.54) is 0 Å². The zero-order valence-corrected chi connectivity index (χ0v) is 17.7. The molecule has 0 radical (unpaired) electrons. The van der Waals surface area contributed by atoms with Crippen molar-refractivity contribution in [3.05, 3.63) is 72.0 Å². The molecule has 0 atom stereocenters. The van der Waals surface area contributed by atoms with E-state index in [4.69, 9.17) is 4.98 Å². The molecule has 4 aromatic rings. The Morgan fingerprint density at radius 2 is 1.79 bits per heavy atom. The van der Waals surface area contributed by atoms with E-state index in [0.29, 0.717) is 18.1 Å². The highest BCUT2D eigenvalue weighted by atomic mass is 32.2. The van der Waals surface area contributed by atoms with Crippen LogP contribution in [0.1, 0.15) is 12.7 Å². The summed E-state index contributed by atoms with van der Waals surface area (Å²) in [6.45, 7) is 4.40. The van der Waals surface area contributed by atoms with Gasteiger partial charge in [-0.2, -0.15) is 8.42 Å². The lowest BCUT2D eigenvalue weighted by atomic mass is 10.1. The molecule has 0 fully saturated rings. The number of nitrogens with zero attached hydrogens (tertiary/aromatic N) is 3. The molecule has 4 rings (SSSR count). The standard InChI is InChI=1S/C21H20N4O2S2/c1-3-25-13-20(22-15(25)2)29(26,27)24-18-11-7-10-17(12-18)19-14-28-21(23-19)16-8-5-4-6-9-16/h4-14,24H,3H2,1-2H3. The van der Waals surface area contributed by atoms with Crippen LogP contribution in [-0.4, -0.2) is 23.0 Å². The molecule has 2 aromatic carbocycles. The van der Waals surface area contributed by atoms with E-state index in [9.17, 15) is 8.42 Å². The number of aryl methyl sites for hydroxylation is 2. The number of rotatable bonds is 6. The summed E-state index contributed by atoms with van der Waals surface area (Å²) in [6.07, 6.45) is 1.55. The van der Waals surface area contributed by atoms with Crippen molar-refractivity contribution in [3.8, 4) is 21.8 Å². The molecule has 0 aliphatic carbocycles. The van der Waals surface area contributed by atoms with Crippen molar-refractivity contribution in [2.45, 2.75) is 25.4 Å².